The number of amidine groups is 1. The number of rotatable bonds is 3. The number of anilines is 1. The first-order chi connectivity index (χ1) is 15.8. The Hall–Kier alpha value is -3.11. The van der Waals surface area contributed by atoms with Crippen molar-refractivity contribution in [1.29, 1.82) is 0 Å². The zero-order chi connectivity index (χ0) is 23.3. The average Bonchev–Trinajstić information content (AvgIpc) is 3.28. The van der Waals surface area contributed by atoms with E-state index >= 15 is 0 Å². The third-order valence-electron chi connectivity index (χ3n) is 6.99. The Morgan fingerprint density at radius 1 is 1.18 bits per heavy atom. The SMILES string of the molecule is C/C(N)=N/C(=O)N1CC2CC[C@@H](C1)C2Nc1nc2n(n1)CCCC2c1ccc(F)c(F)c1F.[HH].[HH]. The summed E-state index contributed by atoms with van der Waals surface area (Å²) in [4.78, 5) is 22.5. The van der Waals surface area contributed by atoms with E-state index in [0.717, 1.165) is 25.3 Å². The van der Waals surface area contributed by atoms with Crippen LogP contribution in [0.2, 0.25) is 0 Å². The summed E-state index contributed by atoms with van der Waals surface area (Å²) in [5.41, 5.74) is 5.64. The third-order valence-corrected chi connectivity index (χ3v) is 6.99. The first-order valence-electron chi connectivity index (χ1n) is 11.3. The topological polar surface area (TPSA) is 101 Å². The van der Waals surface area contributed by atoms with Gasteiger partial charge >= 0.3 is 6.03 Å². The predicted molar refractivity (Wildman–Crippen MR) is 120 cm³/mol. The number of nitrogens with two attached hydrogens (primary N) is 1. The molecule has 3 aliphatic rings. The van der Waals surface area contributed by atoms with E-state index in [4.69, 9.17) is 5.73 Å². The Morgan fingerprint density at radius 3 is 2.61 bits per heavy atom. The van der Waals surface area contributed by atoms with Crippen LogP contribution in [-0.2, 0) is 6.54 Å². The van der Waals surface area contributed by atoms with Gasteiger partial charge in [-0.2, -0.15) is 9.98 Å². The van der Waals surface area contributed by atoms with Gasteiger partial charge in [0.05, 0.1) is 0 Å². The molecule has 180 valence electrons. The molecular weight excluding hydrogens is 435 g/mol. The fourth-order valence-electron chi connectivity index (χ4n) is 5.50. The molecule has 0 radical (unpaired) electrons. The number of hydrogen-bond donors (Lipinski definition) is 2. The van der Waals surface area contributed by atoms with Gasteiger partial charge in [0, 0.05) is 40.0 Å². The summed E-state index contributed by atoms with van der Waals surface area (Å²) in [6, 6.07) is 2.04. The number of fused-ring (bicyclic) bond motifs is 3. The summed E-state index contributed by atoms with van der Waals surface area (Å²) in [5, 5.41) is 8.00. The molecular formula is C22H30F3N7O. The molecule has 4 atom stereocenters. The van der Waals surface area contributed by atoms with E-state index in [1.165, 1.54) is 6.07 Å². The molecule has 3 unspecified atom stereocenters. The fourth-order valence-corrected chi connectivity index (χ4v) is 5.50. The number of hydrogen-bond acceptors (Lipinski definition) is 4. The largest absolute Gasteiger partial charge is 0.387 e. The zero-order valence-electron chi connectivity index (χ0n) is 18.3. The monoisotopic (exact) mass is 465 g/mol. The molecule has 1 aliphatic carbocycles. The Bertz CT molecular complexity index is 1110. The van der Waals surface area contributed by atoms with Crippen LogP contribution in [0.3, 0.4) is 0 Å². The molecule has 8 nitrogen and oxygen atoms in total. The maximum absolute atomic E-state index is 14.5. The second-order valence-electron chi connectivity index (χ2n) is 9.18. The van der Waals surface area contributed by atoms with Crippen molar-refractivity contribution in [2.24, 2.45) is 22.6 Å². The van der Waals surface area contributed by atoms with Gasteiger partial charge in [0.15, 0.2) is 17.5 Å². The summed E-state index contributed by atoms with van der Waals surface area (Å²) in [5.74, 6) is -2.63. The highest BCUT2D eigenvalue weighted by atomic mass is 19.2. The molecule has 0 spiro atoms. The minimum absolute atomic E-state index is 0. The number of benzene rings is 1. The van der Waals surface area contributed by atoms with Gasteiger partial charge in [-0.25, -0.2) is 22.6 Å². The molecule has 5 rings (SSSR count). The molecule has 3 N–H and O–H groups in total. The summed E-state index contributed by atoms with van der Waals surface area (Å²) < 4.78 is 43.4. The van der Waals surface area contributed by atoms with E-state index in [0.29, 0.717) is 37.8 Å². The molecule has 11 heteroatoms. The molecule has 2 aromatic rings. The summed E-state index contributed by atoms with van der Waals surface area (Å²) >= 11 is 0. The number of piperidine rings is 1. The lowest BCUT2D eigenvalue weighted by Crippen LogP contribution is -2.49. The van der Waals surface area contributed by atoms with Crippen molar-refractivity contribution in [3.63, 3.8) is 0 Å². The maximum atomic E-state index is 14.5. The third kappa shape index (κ3) is 3.93. The number of likely N-dealkylation sites (tertiary alicyclic amines) is 1. The highest BCUT2D eigenvalue weighted by Crippen LogP contribution is 2.40. The molecule has 33 heavy (non-hydrogen) atoms. The maximum Gasteiger partial charge on any atom is 0.345 e. The van der Waals surface area contributed by atoms with Crippen LogP contribution in [0.25, 0.3) is 0 Å². The highest BCUT2D eigenvalue weighted by Gasteiger charge is 2.44. The molecule has 1 aromatic heterocycles. The van der Waals surface area contributed by atoms with Gasteiger partial charge in [-0.3, -0.25) is 0 Å². The number of halogens is 3. The van der Waals surface area contributed by atoms with Crippen molar-refractivity contribution in [2.75, 3.05) is 18.4 Å². The lowest BCUT2D eigenvalue weighted by atomic mass is 9.90. The van der Waals surface area contributed by atoms with E-state index in [9.17, 15) is 18.0 Å². The first kappa shape index (κ1) is 21.7. The molecule has 2 amide bonds. The van der Waals surface area contributed by atoms with E-state index in [1.807, 2.05) is 0 Å². The van der Waals surface area contributed by atoms with E-state index in [2.05, 4.69) is 20.4 Å². The Morgan fingerprint density at radius 2 is 1.91 bits per heavy atom. The fraction of sp³-hybridized carbons (Fsp3) is 0.545. The zero-order valence-corrected chi connectivity index (χ0v) is 18.3. The van der Waals surface area contributed by atoms with Crippen LogP contribution < -0.4 is 11.1 Å². The molecule has 2 aliphatic heterocycles. The van der Waals surface area contributed by atoms with Crippen LogP contribution in [0.15, 0.2) is 17.1 Å². The van der Waals surface area contributed by atoms with Gasteiger partial charge in [0.25, 0.3) is 0 Å². The van der Waals surface area contributed by atoms with Crippen LogP contribution in [0.5, 0.6) is 0 Å². The van der Waals surface area contributed by atoms with Crippen molar-refractivity contribution >= 4 is 17.8 Å². The summed E-state index contributed by atoms with van der Waals surface area (Å²) in [6.07, 6.45) is 3.26. The van der Waals surface area contributed by atoms with Gasteiger partial charge in [0.2, 0.25) is 5.95 Å². The van der Waals surface area contributed by atoms with Crippen LogP contribution in [0, 0.1) is 29.3 Å². The minimum Gasteiger partial charge on any atom is -0.387 e. The van der Waals surface area contributed by atoms with Crippen molar-refractivity contribution in [1.82, 2.24) is 19.7 Å². The predicted octanol–water partition coefficient (Wildman–Crippen LogP) is 3.73. The molecule has 1 saturated carbocycles. The Kier molecular flexibility index (Phi) is 5.49. The number of aromatic nitrogens is 3. The van der Waals surface area contributed by atoms with Crippen LogP contribution in [-0.4, -0.2) is 50.7 Å². The van der Waals surface area contributed by atoms with Gasteiger partial charge < -0.3 is 16.0 Å². The normalized spacial score (nSPS) is 26.9. The van der Waals surface area contributed by atoms with Crippen LogP contribution in [0.4, 0.5) is 23.9 Å². The van der Waals surface area contributed by atoms with Crippen LogP contribution in [0.1, 0.15) is 52.8 Å². The van der Waals surface area contributed by atoms with Gasteiger partial charge in [-0.05, 0) is 50.5 Å². The lowest BCUT2D eigenvalue weighted by Gasteiger charge is -2.37. The number of urea groups is 1. The number of nitrogens with one attached hydrogen (secondary N) is 1. The number of carbonyl (C=O) groups is 1. The number of aliphatic imine (C=N–C) groups is 1. The Balaban J connectivity index is 0.00000171. The molecule has 1 saturated heterocycles. The lowest BCUT2D eigenvalue weighted by molar-refractivity contribution is 0.162. The number of carbonyl (C=O) groups excluding carboxylic acids is 1. The first-order valence-corrected chi connectivity index (χ1v) is 11.3. The highest BCUT2D eigenvalue weighted by molar-refractivity contribution is 5.91. The number of nitrogens with zero attached hydrogens (tertiary/aromatic N) is 5. The van der Waals surface area contributed by atoms with Crippen molar-refractivity contribution in [2.45, 2.75) is 51.1 Å². The molecule has 2 bridgehead atoms. The standard InChI is InChI=1S/C22H26F3N7O.2H2/c1-11(26)27-22(33)31-9-12-4-5-13(10-31)19(12)28-21-29-20-15(3-2-8-32(20)30-21)14-6-7-16(23)18(25)17(14)24;;/h6-7,12-13,15,19H,2-5,8-10H2,1H3,(H,28,30)(H2,26,27,33);2*1H/t12-,13?,15?,19?;;/m0../s1. The van der Waals surface area contributed by atoms with Crippen molar-refractivity contribution in [3.05, 3.63) is 41.0 Å². The summed E-state index contributed by atoms with van der Waals surface area (Å²) in [6.45, 7) is 3.38. The Labute approximate surface area is 192 Å². The number of amides is 2. The molecule has 2 fully saturated rings. The summed E-state index contributed by atoms with van der Waals surface area (Å²) in [7, 11) is 0. The van der Waals surface area contributed by atoms with E-state index in [1.54, 1.807) is 16.5 Å². The second kappa shape index (κ2) is 8.35. The molecule has 3 heterocycles. The number of aryl methyl sites for hydroxylation is 1. The van der Waals surface area contributed by atoms with E-state index < -0.39 is 23.4 Å². The van der Waals surface area contributed by atoms with Gasteiger partial charge in [-0.1, -0.05) is 6.07 Å². The van der Waals surface area contributed by atoms with Crippen molar-refractivity contribution in [3.8, 4) is 0 Å². The average molecular weight is 466 g/mol. The van der Waals surface area contributed by atoms with Gasteiger partial charge in [-0.15, -0.1) is 5.10 Å². The van der Waals surface area contributed by atoms with Crippen molar-refractivity contribution < 1.29 is 20.8 Å². The van der Waals surface area contributed by atoms with E-state index in [-0.39, 0.29) is 38.2 Å². The van der Waals surface area contributed by atoms with Crippen LogP contribution >= 0.6 is 0 Å². The quantitative estimate of drug-likeness (QED) is 0.409. The molecule has 1 aromatic carbocycles. The second-order valence-corrected chi connectivity index (χ2v) is 9.18. The van der Waals surface area contributed by atoms with Gasteiger partial charge in [0.1, 0.15) is 11.7 Å². The smallest absolute Gasteiger partial charge is 0.345 e. The minimum atomic E-state index is -1.46.